The lowest BCUT2D eigenvalue weighted by atomic mass is 10.1. The van der Waals surface area contributed by atoms with Crippen LogP contribution < -0.4 is 10.1 Å². The van der Waals surface area contributed by atoms with Gasteiger partial charge in [-0.1, -0.05) is 32.9 Å². The lowest BCUT2D eigenvalue weighted by Gasteiger charge is -2.24. The fraction of sp³-hybridized carbons (Fsp3) is 0.625. The third-order valence-electron chi connectivity index (χ3n) is 3.17. The van der Waals surface area contributed by atoms with E-state index in [0.29, 0.717) is 6.04 Å². The number of methoxy groups -OCH3 is 1. The van der Waals surface area contributed by atoms with Gasteiger partial charge in [0.05, 0.1) is 19.3 Å². The Labute approximate surface area is 117 Å². The molecule has 3 nitrogen and oxygen atoms in total. The zero-order chi connectivity index (χ0) is 14.3. The van der Waals surface area contributed by atoms with Crippen molar-refractivity contribution in [3.63, 3.8) is 0 Å². The van der Waals surface area contributed by atoms with E-state index < -0.39 is 0 Å². The van der Waals surface area contributed by atoms with Gasteiger partial charge in [0.15, 0.2) is 0 Å². The Morgan fingerprint density at radius 2 is 1.74 bits per heavy atom. The van der Waals surface area contributed by atoms with Gasteiger partial charge in [-0.15, -0.1) is 0 Å². The minimum absolute atomic E-state index is 0.0863. The van der Waals surface area contributed by atoms with Gasteiger partial charge in [0.25, 0.3) is 0 Å². The van der Waals surface area contributed by atoms with E-state index in [4.69, 9.17) is 9.47 Å². The highest BCUT2D eigenvalue weighted by Crippen LogP contribution is 2.22. The monoisotopic (exact) mass is 265 g/mol. The van der Waals surface area contributed by atoms with Gasteiger partial charge in [-0.05, 0) is 31.0 Å². The van der Waals surface area contributed by atoms with Crippen LogP contribution in [0.1, 0.15) is 45.8 Å². The summed E-state index contributed by atoms with van der Waals surface area (Å²) in [5.74, 6) is 0.878. The Morgan fingerprint density at radius 3 is 2.21 bits per heavy atom. The van der Waals surface area contributed by atoms with Crippen LogP contribution in [0, 0.1) is 0 Å². The Kier molecular flexibility index (Phi) is 6.89. The van der Waals surface area contributed by atoms with Crippen LogP contribution in [0.25, 0.3) is 0 Å². The number of rotatable bonds is 8. The van der Waals surface area contributed by atoms with E-state index >= 15 is 0 Å². The van der Waals surface area contributed by atoms with E-state index in [0.717, 1.165) is 18.7 Å². The summed E-state index contributed by atoms with van der Waals surface area (Å²) >= 11 is 0. The van der Waals surface area contributed by atoms with Crippen LogP contribution in [0.4, 0.5) is 0 Å². The van der Waals surface area contributed by atoms with Crippen LogP contribution in [-0.2, 0) is 4.74 Å². The third-order valence-corrected chi connectivity index (χ3v) is 3.17. The Bertz CT molecular complexity index is 348. The summed E-state index contributed by atoms with van der Waals surface area (Å²) in [5.41, 5.74) is 1.19. The molecule has 2 atom stereocenters. The lowest BCUT2D eigenvalue weighted by molar-refractivity contribution is -0.00539. The molecule has 0 aliphatic rings. The molecule has 0 aromatic heterocycles. The van der Waals surface area contributed by atoms with E-state index in [1.54, 1.807) is 7.11 Å². The fourth-order valence-corrected chi connectivity index (χ4v) is 1.78. The topological polar surface area (TPSA) is 30.5 Å². The van der Waals surface area contributed by atoms with Crippen molar-refractivity contribution in [3.8, 4) is 5.75 Å². The van der Waals surface area contributed by atoms with Crippen LogP contribution in [0.3, 0.4) is 0 Å². The molecule has 1 rings (SSSR count). The van der Waals surface area contributed by atoms with Crippen molar-refractivity contribution in [2.75, 3.05) is 13.7 Å². The minimum Gasteiger partial charge on any atom is -0.497 e. The first kappa shape index (κ1) is 16.0. The molecule has 108 valence electrons. The summed E-state index contributed by atoms with van der Waals surface area (Å²) in [5, 5.41) is 3.45. The van der Waals surface area contributed by atoms with Gasteiger partial charge in [-0.3, -0.25) is 0 Å². The van der Waals surface area contributed by atoms with Gasteiger partial charge in [0.2, 0.25) is 0 Å². The number of hydrogen-bond acceptors (Lipinski definition) is 3. The molecule has 3 heteroatoms. The molecule has 0 bridgehead atoms. The molecular formula is C16H27NO2. The average molecular weight is 265 g/mol. The van der Waals surface area contributed by atoms with Crippen LogP contribution in [0.5, 0.6) is 5.75 Å². The molecule has 0 amide bonds. The van der Waals surface area contributed by atoms with E-state index in [-0.39, 0.29) is 12.2 Å². The lowest BCUT2D eigenvalue weighted by Crippen LogP contribution is -2.30. The van der Waals surface area contributed by atoms with Crippen molar-refractivity contribution in [1.82, 2.24) is 5.32 Å². The molecule has 0 aliphatic heterocycles. The predicted octanol–water partition coefficient (Wildman–Crippen LogP) is 3.55. The molecule has 1 aromatic carbocycles. The molecule has 0 saturated carbocycles. The van der Waals surface area contributed by atoms with Crippen molar-refractivity contribution < 1.29 is 9.47 Å². The summed E-state index contributed by atoms with van der Waals surface area (Å²) in [4.78, 5) is 0. The fourth-order valence-electron chi connectivity index (χ4n) is 1.78. The largest absolute Gasteiger partial charge is 0.497 e. The van der Waals surface area contributed by atoms with Crippen LogP contribution in [0.15, 0.2) is 24.3 Å². The Morgan fingerprint density at radius 1 is 1.11 bits per heavy atom. The normalized spacial score (nSPS) is 14.4. The molecule has 1 aromatic rings. The van der Waals surface area contributed by atoms with E-state index in [9.17, 15) is 0 Å². The predicted molar refractivity (Wildman–Crippen MR) is 79.7 cm³/mol. The standard InChI is InChI=1S/C16H27NO2/c1-6-13(4)19-16(11-17-12(2)3)14-7-9-15(18-5)10-8-14/h7-10,12-13,16-17H,6,11H2,1-5H3. The van der Waals surface area contributed by atoms with Crippen LogP contribution in [0.2, 0.25) is 0 Å². The van der Waals surface area contributed by atoms with E-state index in [2.05, 4.69) is 45.1 Å². The second-order valence-corrected chi connectivity index (χ2v) is 5.18. The maximum atomic E-state index is 6.11. The number of benzene rings is 1. The van der Waals surface area contributed by atoms with Crippen LogP contribution >= 0.6 is 0 Å². The Balaban J connectivity index is 2.74. The summed E-state index contributed by atoms with van der Waals surface area (Å²) in [6, 6.07) is 8.58. The molecule has 2 unspecified atom stereocenters. The van der Waals surface area contributed by atoms with Gasteiger partial charge < -0.3 is 14.8 Å². The molecule has 0 saturated heterocycles. The van der Waals surface area contributed by atoms with Gasteiger partial charge >= 0.3 is 0 Å². The molecule has 0 spiro atoms. The molecule has 0 fully saturated rings. The second kappa shape index (κ2) is 8.18. The molecule has 19 heavy (non-hydrogen) atoms. The summed E-state index contributed by atoms with van der Waals surface area (Å²) in [6.07, 6.45) is 1.37. The highest BCUT2D eigenvalue weighted by molar-refractivity contribution is 5.28. The van der Waals surface area contributed by atoms with E-state index in [1.807, 2.05) is 12.1 Å². The summed E-state index contributed by atoms with van der Waals surface area (Å²) in [7, 11) is 1.68. The number of ether oxygens (including phenoxy) is 2. The quantitative estimate of drug-likeness (QED) is 0.779. The first-order valence-electron chi connectivity index (χ1n) is 7.09. The van der Waals surface area contributed by atoms with Crippen molar-refractivity contribution in [2.24, 2.45) is 0 Å². The molecule has 1 N–H and O–H groups in total. The SMILES string of the molecule is CCC(C)OC(CNC(C)C)c1ccc(OC)cc1. The third kappa shape index (κ3) is 5.62. The van der Waals surface area contributed by atoms with Crippen molar-refractivity contribution in [2.45, 2.75) is 52.4 Å². The van der Waals surface area contributed by atoms with Crippen molar-refractivity contribution >= 4 is 0 Å². The van der Waals surface area contributed by atoms with Gasteiger partial charge in [-0.2, -0.15) is 0 Å². The van der Waals surface area contributed by atoms with Gasteiger partial charge in [0, 0.05) is 12.6 Å². The first-order valence-corrected chi connectivity index (χ1v) is 7.09. The van der Waals surface area contributed by atoms with Crippen molar-refractivity contribution in [1.29, 1.82) is 0 Å². The molecular weight excluding hydrogens is 238 g/mol. The van der Waals surface area contributed by atoms with E-state index in [1.165, 1.54) is 5.56 Å². The molecule has 0 aliphatic carbocycles. The molecule has 0 radical (unpaired) electrons. The highest BCUT2D eigenvalue weighted by Gasteiger charge is 2.15. The zero-order valence-electron chi connectivity index (χ0n) is 12.8. The van der Waals surface area contributed by atoms with Crippen molar-refractivity contribution in [3.05, 3.63) is 29.8 Å². The maximum Gasteiger partial charge on any atom is 0.118 e. The molecule has 0 heterocycles. The number of hydrogen-bond donors (Lipinski definition) is 1. The maximum absolute atomic E-state index is 6.11. The van der Waals surface area contributed by atoms with Gasteiger partial charge in [-0.25, -0.2) is 0 Å². The number of nitrogens with one attached hydrogen (secondary N) is 1. The average Bonchev–Trinajstić information content (AvgIpc) is 2.43. The minimum atomic E-state index is 0.0863. The van der Waals surface area contributed by atoms with Gasteiger partial charge in [0.1, 0.15) is 5.75 Å². The summed E-state index contributed by atoms with van der Waals surface area (Å²) < 4.78 is 11.3. The summed E-state index contributed by atoms with van der Waals surface area (Å²) in [6.45, 7) is 9.38. The zero-order valence-corrected chi connectivity index (χ0v) is 12.8. The first-order chi connectivity index (χ1) is 9.06. The smallest absolute Gasteiger partial charge is 0.118 e. The second-order valence-electron chi connectivity index (χ2n) is 5.18. The Hall–Kier alpha value is -1.06. The van der Waals surface area contributed by atoms with Crippen LogP contribution in [-0.4, -0.2) is 25.8 Å². The highest BCUT2D eigenvalue weighted by atomic mass is 16.5.